The number of rotatable bonds is 4. The van der Waals surface area contributed by atoms with Crippen LogP contribution in [0.4, 0.5) is 0 Å². The van der Waals surface area contributed by atoms with Crippen molar-refractivity contribution in [2.45, 2.75) is 44.9 Å². The zero-order valence-electron chi connectivity index (χ0n) is 18.6. The van der Waals surface area contributed by atoms with Crippen LogP contribution in [0.3, 0.4) is 0 Å². The van der Waals surface area contributed by atoms with Crippen molar-refractivity contribution < 1.29 is 4.74 Å². The fourth-order valence-electron chi connectivity index (χ4n) is 5.16. The molecule has 1 aromatic carbocycles. The van der Waals surface area contributed by atoms with E-state index in [4.69, 9.17) is 4.74 Å². The monoisotopic (exact) mass is 463 g/mol. The fourth-order valence-corrected chi connectivity index (χ4v) is 5.16. The van der Waals surface area contributed by atoms with E-state index < -0.39 is 0 Å². The summed E-state index contributed by atoms with van der Waals surface area (Å²) in [6, 6.07) is 14.5. The number of aryl methyl sites for hydroxylation is 2. The predicted octanol–water partition coefficient (Wildman–Crippen LogP) is 3.78. The van der Waals surface area contributed by atoms with Crippen LogP contribution in [0.5, 0.6) is 5.75 Å². The lowest BCUT2D eigenvalue weighted by Crippen LogP contribution is -2.32. The molecule has 5 heterocycles. The molecule has 33 heavy (non-hydrogen) atoms. The second-order valence-corrected chi connectivity index (χ2v) is 8.84. The molecule has 4 aromatic rings. The summed E-state index contributed by atoms with van der Waals surface area (Å²) in [5, 5.41) is 13.2. The van der Waals surface area contributed by atoms with Gasteiger partial charge in [-0.1, -0.05) is 6.07 Å². The minimum Gasteiger partial charge on any atom is -0.487 e. The maximum atomic E-state index is 12.9. The van der Waals surface area contributed by atoms with Crippen molar-refractivity contribution in [1.82, 2.24) is 24.6 Å². The van der Waals surface area contributed by atoms with Gasteiger partial charge in [-0.15, -0.1) is 12.4 Å². The van der Waals surface area contributed by atoms with E-state index in [1.165, 1.54) is 41.1 Å². The summed E-state index contributed by atoms with van der Waals surface area (Å²) >= 11 is 0. The Morgan fingerprint density at radius 2 is 2.00 bits per heavy atom. The van der Waals surface area contributed by atoms with Gasteiger partial charge in [-0.3, -0.25) is 9.36 Å². The second kappa shape index (κ2) is 8.32. The average molecular weight is 464 g/mol. The quantitative estimate of drug-likeness (QED) is 0.498. The van der Waals surface area contributed by atoms with Gasteiger partial charge in [-0.2, -0.15) is 10.2 Å². The van der Waals surface area contributed by atoms with E-state index in [9.17, 15) is 4.79 Å². The highest BCUT2D eigenvalue weighted by molar-refractivity contribution is 5.88. The summed E-state index contributed by atoms with van der Waals surface area (Å²) in [6.45, 7) is 2.16. The summed E-state index contributed by atoms with van der Waals surface area (Å²) in [4.78, 5) is 12.9. The van der Waals surface area contributed by atoms with Crippen LogP contribution in [0.25, 0.3) is 16.6 Å². The van der Waals surface area contributed by atoms with Gasteiger partial charge in [0.25, 0.3) is 5.56 Å². The van der Waals surface area contributed by atoms with Gasteiger partial charge in [-0.25, -0.2) is 0 Å². The van der Waals surface area contributed by atoms with Crippen LogP contribution in [0.15, 0.2) is 53.5 Å². The van der Waals surface area contributed by atoms with E-state index in [2.05, 4.69) is 39.3 Å². The highest BCUT2D eigenvalue weighted by Crippen LogP contribution is 2.41. The third kappa shape index (κ3) is 3.71. The van der Waals surface area contributed by atoms with E-state index >= 15 is 0 Å². The van der Waals surface area contributed by atoms with Crippen LogP contribution in [0.2, 0.25) is 0 Å². The zero-order valence-corrected chi connectivity index (χ0v) is 19.4. The highest BCUT2D eigenvalue weighted by atomic mass is 35.5. The number of hydrogen-bond donors (Lipinski definition) is 1. The minimum absolute atomic E-state index is 0. The van der Waals surface area contributed by atoms with Crippen LogP contribution in [0, 0.1) is 6.92 Å². The average Bonchev–Trinajstić information content (AvgIpc) is 3.31. The molecule has 2 unspecified atom stereocenters. The SMILES string of the molecule is Cc1ccc(COc2ccn(-c3ccc4c5c(n(C)c4c3)CC3CCC5N3)c(=O)c2)nn1.Cl. The zero-order chi connectivity index (χ0) is 21.8. The van der Waals surface area contributed by atoms with Crippen molar-refractivity contribution in [3.8, 4) is 11.4 Å². The number of ether oxygens (including phenoxy) is 1. The molecule has 1 saturated heterocycles. The first-order valence-corrected chi connectivity index (χ1v) is 11.1. The van der Waals surface area contributed by atoms with E-state index in [0.29, 0.717) is 17.8 Å². The molecule has 0 aliphatic carbocycles. The maximum absolute atomic E-state index is 12.9. The Bertz CT molecular complexity index is 1390. The number of nitrogens with one attached hydrogen (secondary N) is 1. The molecule has 2 aliphatic rings. The Morgan fingerprint density at radius 1 is 1.12 bits per heavy atom. The molecule has 8 heteroatoms. The largest absolute Gasteiger partial charge is 0.487 e. The molecule has 170 valence electrons. The van der Waals surface area contributed by atoms with E-state index in [1.807, 2.05) is 31.2 Å². The molecule has 0 spiro atoms. The molecule has 2 aliphatic heterocycles. The predicted molar refractivity (Wildman–Crippen MR) is 129 cm³/mol. The Balaban J connectivity index is 0.00000228. The molecule has 0 saturated carbocycles. The first-order chi connectivity index (χ1) is 15.6. The number of halogens is 1. The molecule has 6 rings (SSSR count). The molecule has 3 aromatic heterocycles. The normalized spacial score (nSPS) is 18.7. The van der Waals surface area contributed by atoms with E-state index in [0.717, 1.165) is 23.5 Å². The van der Waals surface area contributed by atoms with Gasteiger partial charge in [0, 0.05) is 48.9 Å². The second-order valence-electron chi connectivity index (χ2n) is 8.84. The number of benzene rings is 1. The molecule has 0 radical (unpaired) electrons. The summed E-state index contributed by atoms with van der Waals surface area (Å²) in [7, 11) is 2.14. The van der Waals surface area contributed by atoms with Gasteiger partial charge in [-0.05, 0) is 55.7 Å². The number of fused-ring (bicyclic) bond motifs is 6. The van der Waals surface area contributed by atoms with Crippen LogP contribution < -0.4 is 15.6 Å². The Hall–Kier alpha value is -3.16. The fraction of sp³-hybridized carbons (Fsp3) is 0.320. The molecule has 1 N–H and O–H groups in total. The van der Waals surface area contributed by atoms with Gasteiger partial charge in [0.1, 0.15) is 18.1 Å². The minimum atomic E-state index is -0.128. The number of pyridine rings is 1. The maximum Gasteiger partial charge on any atom is 0.258 e. The lowest BCUT2D eigenvalue weighted by atomic mass is 9.99. The van der Waals surface area contributed by atoms with Gasteiger partial charge in [0.05, 0.1) is 16.9 Å². The molecular weight excluding hydrogens is 438 g/mol. The molecular formula is C25H26ClN5O2. The molecule has 7 nitrogen and oxygen atoms in total. The lowest BCUT2D eigenvalue weighted by molar-refractivity contribution is 0.299. The van der Waals surface area contributed by atoms with Crippen molar-refractivity contribution in [3.63, 3.8) is 0 Å². The molecule has 2 bridgehead atoms. The van der Waals surface area contributed by atoms with Crippen molar-refractivity contribution >= 4 is 23.3 Å². The van der Waals surface area contributed by atoms with Gasteiger partial charge in [0.15, 0.2) is 0 Å². The summed E-state index contributed by atoms with van der Waals surface area (Å²) in [6.07, 6.45) is 5.29. The van der Waals surface area contributed by atoms with Crippen molar-refractivity contribution in [1.29, 1.82) is 0 Å². The first-order valence-electron chi connectivity index (χ1n) is 11.1. The highest BCUT2D eigenvalue weighted by Gasteiger charge is 2.35. The van der Waals surface area contributed by atoms with E-state index in [1.54, 1.807) is 10.8 Å². The topological polar surface area (TPSA) is 74.0 Å². The lowest BCUT2D eigenvalue weighted by Gasteiger charge is -2.23. The summed E-state index contributed by atoms with van der Waals surface area (Å²) < 4.78 is 9.72. The van der Waals surface area contributed by atoms with Crippen LogP contribution >= 0.6 is 12.4 Å². The first kappa shape index (κ1) is 21.7. The van der Waals surface area contributed by atoms with Gasteiger partial charge in [0.2, 0.25) is 0 Å². The van der Waals surface area contributed by atoms with Crippen LogP contribution in [0.1, 0.15) is 41.5 Å². The number of hydrogen-bond acceptors (Lipinski definition) is 5. The van der Waals surface area contributed by atoms with E-state index in [-0.39, 0.29) is 24.6 Å². The van der Waals surface area contributed by atoms with Crippen molar-refractivity contribution in [3.05, 3.63) is 81.7 Å². The molecule has 0 amide bonds. The summed E-state index contributed by atoms with van der Waals surface area (Å²) in [5.74, 6) is 0.520. The number of aromatic nitrogens is 4. The van der Waals surface area contributed by atoms with Gasteiger partial charge >= 0.3 is 0 Å². The third-order valence-corrected chi connectivity index (χ3v) is 6.79. The molecule has 1 fully saturated rings. The Morgan fingerprint density at radius 3 is 2.79 bits per heavy atom. The van der Waals surface area contributed by atoms with Crippen LogP contribution in [-0.4, -0.2) is 25.4 Å². The van der Waals surface area contributed by atoms with Crippen molar-refractivity contribution in [2.75, 3.05) is 0 Å². The number of nitrogens with zero attached hydrogens (tertiary/aromatic N) is 4. The smallest absolute Gasteiger partial charge is 0.258 e. The van der Waals surface area contributed by atoms with Crippen molar-refractivity contribution in [2.24, 2.45) is 7.05 Å². The molecule has 2 atom stereocenters. The van der Waals surface area contributed by atoms with Crippen LogP contribution in [-0.2, 0) is 20.1 Å². The van der Waals surface area contributed by atoms with Gasteiger partial charge < -0.3 is 14.6 Å². The Kier molecular flexibility index (Phi) is 5.46. The summed E-state index contributed by atoms with van der Waals surface area (Å²) in [5.41, 5.74) is 6.35. The Labute approximate surface area is 197 Å². The standard InChI is InChI=1S/C25H25N5O2.ClH/c1-15-3-4-17(28-27-15)14-32-19-9-10-30(24(31)13-19)18-6-7-20-22(12-18)29(2)23-11-16-5-8-21(26-16)25(20)23;/h3-4,6-7,9-10,12-13,16,21,26H,5,8,11,14H2,1-2H3;1H. The third-order valence-electron chi connectivity index (χ3n) is 6.79.